The Bertz CT molecular complexity index is 738. The molecule has 1 amide bonds. The molecule has 1 atom stereocenters. The van der Waals surface area contributed by atoms with Crippen molar-refractivity contribution in [1.29, 1.82) is 0 Å². The summed E-state index contributed by atoms with van der Waals surface area (Å²) in [6.45, 7) is 1.67. The van der Waals surface area contributed by atoms with Gasteiger partial charge in [0.2, 0.25) is 5.91 Å². The molecule has 1 aliphatic rings. The third-order valence-corrected chi connectivity index (χ3v) is 4.34. The zero-order valence-corrected chi connectivity index (χ0v) is 14.0. The number of nitrogen functional groups attached to an aromatic ring is 1. The normalized spacial score (nSPS) is 17.5. The number of pyridine rings is 1. The summed E-state index contributed by atoms with van der Waals surface area (Å²) in [6.07, 6.45) is 3.54. The summed E-state index contributed by atoms with van der Waals surface area (Å²) in [5.74, 6) is 0.197. The van der Waals surface area contributed by atoms with Crippen molar-refractivity contribution in [2.75, 3.05) is 25.4 Å². The molecule has 0 spiro atoms. The van der Waals surface area contributed by atoms with Gasteiger partial charge < -0.3 is 15.4 Å². The average Bonchev–Trinajstić information content (AvgIpc) is 2.60. The molecule has 1 aliphatic heterocycles. The number of ether oxygens (including phenoxy) is 1. The Balaban J connectivity index is 1.52. The van der Waals surface area contributed by atoms with Crippen molar-refractivity contribution in [3.05, 3.63) is 59.5 Å². The van der Waals surface area contributed by atoms with Crippen molar-refractivity contribution in [2.24, 2.45) is 0 Å². The van der Waals surface area contributed by atoms with Crippen molar-refractivity contribution in [2.45, 2.75) is 25.4 Å². The molecule has 0 saturated carbocycles. The molecule has 0 unspecified atom stereocenters. The number of halogens is 1. The second-order valence-electron chi connectivity index (χ2n) is 6.27. The summed E-state index contributed by atoms with van der Waals surface area (Å²) < 4.78 is 19.0. The van der Waals surface area contributed by atoms with Crippen LogP contribution >= 0.6 is 0 Å². The lowest BCUT2D eigenvalue weighted by atomic mass is 10.1. The molecule has 2 aromatic rings. The quantitative estimate of drug-likeness (QED) is 0.904. The third-order valence-electron chi connectivity index (χ3n) is 4.34. The highest BCUT2D eigenvalue weighted by Crippen LogP contribution is 2.15. The summed E-state index contributed by atoms with van der Waals surface area (Å²) in [5.41, 5.74) is 7.50. The fourth-order valence-corrected chi connectivity index (χ4v) is 3.03. The Morgan fingerprint density at radius 3 is 3.00 bits per heavy atom. The van der Waals surface area contributed by atoms with Crippen molar-refractivity contribution < 1.29 is 13.9 Å². The third kappa shape index (κ3) is 5.00. The number of morpholine rings is 1. The highest BCUT2D eigenvalue weighted by molar-refractivity contribution is 5.78. The van der Waals surface area contributed by atoms with Gasteiger partial charge in [-0.05, 0) is 48.2 Å². The highest BCUT2D eigenvalue weighted by Gasteiger charge is 2.24. The van der Waals surface area contributed by atoms with Gasteiger partial charge in [-0.15, -0.1) is 0 Å². The monoisotopic (exact) mass is 343 g/mol. The Morgan fingerprint density at radius 2 is 2.20 bits per heavy atom. The largest absolute Gasteiger partial charge is 0.384 e. The first-order valence-corrected chi connectivity index (χ1v) is 8.44. The SMILES string of the molecule is Nc1cc(CC[C@@H]2CN(C(=O)Cc3cccc(F)c3)CCO2)ccn1. The lowest BCUT2D eigenvalue weighted by Crippen LogP contribution is -2.46. The van der Waals surface area contributed by atoms with E-state index in [1.807, 2.05) is 12.1 Å². The number of amides is 1. The van der Waals surface area contributed by atoms with Gasteiger partial charge >= 0.3 is 0 Å². The summed E-state index contributed by atoms with van der Waals surface area (Å²) in [4.78, 5) is 18.3. The number of nitrogens with two attached hydrogens (primary N) is 1. The van der Waals surface area contributed by atoms with Gasteiger partial charge in [-0.2, -0.15) is 0 Å². The summed E-state index contributed by atoms with van der Waals surface area (Å²) >= 11 is 0. The topological polar surface area (TPSA) is 68.5 Å². The minimum absolute atomic E-state index is 0.000371. The fourth-order valence-electron chi connectivity index (χ4n) is 3.03. The van der Waals surface area contributed by atoms with Crippen LogP contribution in [-0.2, 0) is 22.4 Å². The molecule has 6 heteroatoms. The van der Waals surface area contributed by atoms with E-state index in [4.69, 9.17) is 10.5 Å². The first-order chi connectivity index (χ1) is 12.1. The van der Waals surface area contributed by atoms with Gasteiger partial charge in [0.1, 0.15) is 11.6 Å². The van der Waals surface area contributed by atoms with Crippen LogP contribution in [0.15, 0.2) is 42.6 Å². The van der Waals surface area contributed by atoms with Gasteiger partial charge in [-0.3, -0.25) is 4.79 Å². The molecule has 3 rings (SSSR count). The van der Waals surface area contributed by atoms with Crippen LogP contribution in [0.3, 0.4) is 0 Å². The number of rotatable bonds is 5. The number of hydrogen-bond acceptors (Lipinski definition) is 4. The van der Waals surface area contributed by atoms with Gasteiger partial charge in [0.05, 0.1) is 19.1 Å². The van der Waals surface area contributed by atoms with E-state index in [2.05, 4.69) is 4.98 Å². The average molecular weight is 343 g/mol. The minimum atomic E-state index is -0.318. The van der Waals surface area contributed by atoms with Gasteiger partial charge in [-0.1, -0.05) is 12.1 Å². The lowest BCUT2D eigenvalue weighted by Gasteiger charge is -2.33. The van der Waals surface area contributed by atoms with Crippen LogP contribution in [-0.4, -0.2) is 41.6 Å². The Hall–Kier alpha value is -2.47. The second kappa shape index (κ2) is 8.07. The number of carbonyl (C=O) groups is 1. The van der Waals surface area contributed by atoms with Crippen LogP contribution in [0.1, 0.15) is 17.5 Å². The molecule has 132 valence electrons. The molecule has 25 heavy (non-hydrogen) atoms. The molecular weight excluding hydrogens is 321 g/mol. The van der Waals surface area contributed by atoms with Crippen molar-refractivity contribution in [3.8, 4) is 0 Å². The van der Waals surface area contributed by atoms with Gasteiger partial charge in [-0.25, -0.2) is 9.37 Å². The molecule has 1 aromatic heterocycles. The summed E-state index contributed by atoms with van der Waals surface area (Å²) in [5, 5.41) is 0. The standard InChI is InChI=1S/C19H22FN3O2/c20-16-3-1-2-15(10-16)12-19(24)23-8-9-25-17(13-23)5-4-14-6-7-22-18(21)11-14/h1-3,6-7,10-11,17H,4-5,8-9,12-13H2,(H2,21,22)/t17-/m1/s1. The number of hydrogen-bond donors (Lipinski definition) is 1. The van der Waals surface area contributed by atoms with E-state index in [9.17, 15) is 9.18 Å². The van der Waals surface area contributed by atoms with Crippen LogP contribution in [0.2, 0.25) is 0 Å². The lowest BCUT2D eigenvalue weighted by molar-refractivity contribution is -0.138. The molecule has 1 saturated heterocycles. The predicted octanol–water partition coefficient (Wildman–Crippen LogP) is 2.21. The van der Waals surface area contributed by atoms with Crippen LogP contribution in [0, 0.1) is 5.82 Å². The maximum absolute atomic E-state index is 13.3. The highest BCUT2D eigenvalue weighted by atomic mass is 19.1. The number of aromatic nitrogens is 1. The van der Waals surface area contributed by atoms with Gasteiger partial charge in [0.15, 0.2) is 0 Å². The maximum atomic E-state index is 13.3. The Morgan fingerprint density at radius 1 is 1.32 bits per heavy atom. The van der Waals surface area contributed by atoms with Crippen LogP contribution < -0.4 is 5.73 Å². The Kier molecular flexibility index (Phi) is 5.60. The molecule has 1 aromatic carbocycles. The zero-order valence-electron chi connectivity index (χ0n) is 14.0. The minimum Gasteiger partial charge on any atom is -0.384 e. The molecule has 0 aliphatic carbocycles. The smallest absolute Gasteiger partial charge is 0.227 e. The van der Waals surface area contributed by atoms with Crippen LogP contribution in [0.5, 0.6) is 0 Å². The van der Waals surface area contributed by atoms with Gasteiger partial charge in [0, 0.05) is 19.3 Å². The molecule has 5 nitrogen and oxygen atoms in total. The number of carbonyl (C=O) groups excluding carboxylic acids is 1. The van der Waals surface area contributed by atoms with Crippen molar-refractivity contribution >= 4 is 11.7 Å². The molecule has 2 N–H and O–H groups in total. The van der Waals surface area contributed by atoms with Crippen molar-refractivity contribution in [3.63, 3.8) is 0 Å². The molecule has 0 bridgehead atoms. The number of anilines is 1. The fraction of sp³-hybridized carbons (Fsp3) is 0.368. The zero-order chi connectivity index (χ0) is 17.6. The number of nitrogens with zero attached hydrogens (tertiary/aromatic N) is 2. The van der Waals surface area contributed by atoms with E-state index >= 15 is 0 Å². The van der Waals surface area contributed by atoms with E-state index in [0.29, 0.717) is 31.1 Å². The van der Waals surface area contributed by atoms with E-state index < -0.39 is 0 Å². The first-order valence-electron chi connectivity index (χ1n) is 8.44. The molecule has 0 radical (unpaired) electrons. The van der Waals surface area contributed by atoms with Crippen LogP contribution in [0.25, 0.3) is 0 Å². The van der Waals surface area contributed by atoms with Gasteiger partial charge in [0.25, 0.3) is 0 Å². The van der Waals surface area contributed by atoms with E-state index in [1.54, 1.807) is 23.2 Å². The van der Waals surface area contributed by atoms with E-state index in [0.717, 1.165) is 18.4 Å². The predicted molar refractivity (Wildman–Crippen MR) is 93.4 cm³/mol. The number of aryl methyl sites for hydroxylation is 1. The Labute approximate surface area is 146 Å². The number of benzene rings is 1. The molecule has 1 fully saturated rings. The van der Waals surface area contributed by atoms with E-state index in [1.165, 1.54) is 12.1 Å². The molecule has 2 heterocycles. The van der Waals surface area contributed by atoms with Crippen LogP contribution in [0.4, 0.5) is 10.2 Å². The van der Waals surface area contributed by atoms with E-state index in [-0.39, 0.29) is 24.2 Å². The summed E-state index contributed by atoms with van der Waals surface area (Å²) in [6, 6.07) is 9.98. The molecular formula is C19H22FN3O2. The summed E-state index contributed by atoms with van der Waals surface area (Å²) in [7, 11) is 0. The van der Waals surface area contributed by atoms with Crippen molar-refractivity contribution in [1.82, 2.24) is 9.88 Å². The second-order valence-corrected chi connectivity index (χ2v) is 6.27. The first kappa shape index (κ1) is 17.4. The maximum Gasteiger partial charge on any atom is 0.227 e.